The monoisotopic (exact) mass is 210 g/mol. The Morgan fingerprint density at radius 3 is 2.60 bits per heavy atom. The van der Waals surface area contributed by atoms with Gasteiger partial charge in [0.1, 0.15) is 0 Å². The van der Waals surface area contributed by atoms with E-state index in [9.17, 15) is 20.5 Å². The summed E-state index contributed by atoms with van der Waals surface area (Å²) in [5, 5.41) is 32.9. The molecule has 0 spiro atoms. The predicted octanol–water partition coefficient (Wildman–Crippen LogP) is -1.87. The zero-order valence-electron chi connectivity index (χ0n) is 7.41. The van der Waals surface area contributed by atoms with Crippen LogP contribution in [0.3, 0.4) is 0 Å². The van der Waals surface area contributed by atoms with Crippen LogP contribution in [0, 0.1) is 20.5 Å². The largest absolute Gasteiger partial charge is 0.619 e. The van der Waals surface area contributed by atoms with Gasteiger partial charge < -0.3 is 16.1 Å². The number of benzene rings is 1. The van der Waals surface area contributed by atoms with E-state index >= 15 is 0 Å². The van der Waals surface area contributed by atoms with Crippen LogP contribution in [0.4, 0.5) is 11.4 Å². The van der Waals surface area contributed by atoms with Crippen LogP contribution >= 0.6 is 0 Å². The highest BCUT2D eigenvalue weighted by Crippen LogP contribution is 2.13. The van der Waals surface area contributed by atoms with Crippen molar-refractivity contribution >= 4 is 11.4 Å². The summed E-state index contributed by atoms with van der Waals surface area (Å²) in [5.41, 5.74) is 4.80. The van der Waals surface area contributed by atoms with E-state index in [0.717, 1.165) is 6.07 Å². The van der Waals surface area contributed by atoms with Gasteiger partial charge in [0.05, 0.1) is 4.92 Å². The van der Waals surface area contributed by atoms with Crippen molar-refractivity contribution in [1.82, 2.24) is 9.48 Å². The molecule has 0 bridgehead atoms. The van der Waals surface area contributed by atoms with Gasteiger partial charge in [-0.2, -0.15) is 0 Å². The zero-order chi connectivity index (χ0) is 11.2. The standard InChI is InChI=1S/C7H6N4O4/c8-6-4(11(14)15)1-2-5-7(6)10(13)3-9(5)12/h1-2H,3,8H2. The second-order valence-corrected chi connectivity index (χ2v) is 3.02. The van der Waals surface area contributed by atoms with Crippen molar-refractivity contribution in [2.75, 3.05) is 12.4 Å². The van der Waals surface area contributed by atoms with E-state index in [1.54, 1.807) is 0 Å². The molecule has 1 aromatic carbocycles. The summed E-state index contributed by atoms with van der Waals surface area (Å²) in [6.07, 6.45) is 0. The molecule has 0 amide bonds. The highest BCUT2D eigenvalue weighted by Gasteiger charge is 2.26. The van der Waals surface area contributed by atoms with Gasteiger partial charge >= 0.3 is 12.0 Å². The Kier molecular flexibility index (Phi) is 1.72. The molecular weight excluding hydrogens is 204 g/mol. The molecule has 8 heteroatoms. The number of nitrogen functional groups attached to an aromatic ring is 1. The van der Waals surface area contributed by atoms with E-state index in [-0.39, 0.29) is 22.1 Å². The lowest BCUT2D eigenvalue weighted by molar-refractivity contribution is -0.384. The average molecular weight is 210 g/mol. The molecule has 0 saturated carbocycles. The maximum atomic E-state index is 11.2. The number of anilines is 1. The molecule has 8 nitrogen and oxygen atoms in total. The second-order valence-electron chi connectivity index (χ2n) is 3.02. The Labute approximate surface area is 82.5 Å². The fourth-order valence-electron chi connectivity index (χ4n) is 1.47. The van der Waals surface area contributed by atoms with Crippen molar-refractivity contribution in [1.29, 1.82) is 0 Å². The maximum Gasteiger partial charge on any atom is 0.355 e. The minimum atomic E-state index is -0.698. The Morgan fingerprint density at radius 1 is 1.33 bits per heavy atom. The number of fused-ring (bicyclic) bond motifs is 1. The molecule has 1 aliphatic heterocycles. The van der Waals surface area contributed by atoms with Crippen molar-refractivity contribution in [2.24, 2.45) is 0 Å². The van der Waals surface area contributed by atoms with Gasteiger partial charge in [0.25, 0.3) is 11.0 Å². The number of nitrogens with two attached hydrogens (primary N) is 1. The molecule has 2 N–H and O–H groups in total. The molecule has 0 fully saturated rings. The van der Waals surface area contributed by atoms with Gasteiger partial charge in [0.2, 0.25) is 0 Å². The Balaban J connectivity index is 2.93. The van der Waals surface area contributed by atoms with Crippen molar-refractivity contribution in [3.8, 4) is 0 Å². The highest BCUT2D eigenvalue weighted by molar-refractivity contribution is 5.57. The summed E-state index contributed by atoms with van der Waals surface area (Å²) >= 11 is 0. The number of hydrogen-bond acceptors (Lipinski definition) is 5. The second kappa shape index (κ2) is 2.80. The third-order valence-electron chi connectivity index (χ3n) is 2.14. The molecule has 1 aliphatic rings. The van der Waals surface area contributed by atoms with Crippen molar-refractivity contribution in [3.63, 3.8) is 0 Å². The fourth-order valence-corrected chi connectivity index (χ4v) is 1.47. The van der Waals surface area contributed by atoms with Gasteiger partial charge in [-0.05, 0) is 0 Å². The van der Waals surface area contributed by atoms with E-state index < -0.39 is 11.6 Å². The van der Waals surface area contributed by atoms with Gasteiger partial charge in [-0.1, -0.05) is 0 Å². The first-order valence-electron chi connectivity index (χ1n) is 3.98. The van der Waals surface area contributed by atoms with Crippen LogP contribution in [0.25, 0.3) is 0 Å². The summed E-state index contributed by atoms with van der Waals surface area (Å²) in [7, 11) is 0. The lowest BCUT2D eigenvalue weighted by Gasteiger charge is -1.95. The van der Waals surface area contributed by atoms with Crippen molar-refractivity contribution in [3.05, 3.63) is 43.4 Å². The first kappa shape index (κ1) is 9.19. The molecule has 0 saturated heterocycles. The Hall–Kier alpha value is -2.38. The number of hydrogen-bond donors (Lipinski definition) is 1. The van der Waals surface area contributed by atoms with Crippen LogP contribution in [-0.4, -0.2) is 11.6 Å². The van der Waals surface area contributed by atoms with Crippen molar-refractivity contribution in [2.45, 2.75) is 0 Å². The van der Waals surface area contributed by atoms with Gasteiger partial charge in [0.15, 0.2) is 5.69 Å². The number of nitrogens with zero attached hydrogens (tertiary/aromatic N) is 3. The number of rotatable bonds is 1. The van der Waals surface area contributed by atoms with Crippen LogP contribution in [0.1, 0.15) is 0 Å². The normalized spacial score (nSPS) is 14.1. The molecule has 78 valence electrons. The van der Waals surface area contributed by atoms with E-state index in [0.29, 0.717) is 9.48 Å². The third kappa shape index (κ3) is 1.15. The molecule has 1 aromatic rings. The van der Waals surface area contributed by atoms with Gasteiger partial charge in [-0.3, -0.25) is 10.1 Å². The molecule has 15 heavy (non-hydrogen) atoms. The maximum absolute atomic E-state index is 11.2. The number of nitro groups is 1. The van der Waals surface area contributed by atoms with Gasteiger partial charge in [0, 0.05) is 12.1 Å². The van der Waals surface area contributed by atoms with E-state index in [1.165, 1.54) is 6.07 Å². The van der Waals surface area contributed by atoms with Crippen LogP contribution in [-0.2, 0) is 0 Å². The minimum absolute atomic E-state index is 0.0631. The van der Waals surface area contributed by atoms with E-state index in [4.69, 9.17) is 5.73 Å². The van der Waals surface area contributed by atoms with Crippen LogP contribution in [0.5, 0.6) is 0 Å². The SMILES string of the molecule is Nc1c([N+](=O)[O-])ccc2c1=[N+]([O-])C[N+]=2[O-]. The molecule has 0 radical (unpaired) electrons. The molecule has 0 aliphatic carbocycles. The summed E-state index contributed by atoms with van der Waals surface area (Å²) in [6, 6.07) is 2.33. The van der Waals surface area contributed by atoms with E-state index in [2.05, 4.69) is 0 Å². The minimum Gasteiger partial charge on any atom is -0.619 e. The average Bonchev–Trinajstić information content (AvgIpc) is 2.43. The van der Waals surface area contributed by atoms with Gasteiger partial charge in [-0.15, -0.1) is 9.48 Å². The number of hydroxylamine groups is 2. The third-order valence-corrected chi connectivity index (χ3v) is 2.14. The molecule has 2 rings (SSSR count). The zero-order valence-corrected chi connectivity index (χ0v) is 7.41. The molecule has 1 heterocycles. The van der Waals surface area contributed by atoms with Crippen LogP contribution in [0.2, 0.25) is 0 Å². The molecule has 0 unspecified atom stereocenters. The highest BCUT2D eigenvalue weighted by atomic mass is 16.6. The van der Waals surface area contributed by atoms with Crippen LogP contribution < -0.4 is 25.9 Å². The van der Waals surface area contributed by atoms with Crippen molar-refractivity contribution < 1.29 is 4.92 Å². The lowest BCUT2D eigenvalue weighted by Crippen LogP contribution is -2.35. The first-order chi connectivity index (χ1) is 7.02. The quantitative estimate of drug-likeness (QED) is 0.191. The lowest BCUT2D eigenvalue weighted by atomic mass is 10.2. The van der Waals surface area contributed by atoms with E-state index in [1.807, 2.05) is 0 Å². The fraction of sp³-hybridized carbons (Fsp3) is 0.143. The summed E-state index contributed by atoms with van der Waals surface area (Å²) < 4.78 is 0.771. The molecular formula is C7H6N4O4. The van der Waals surface area contributed by atoms with Crippen LogP contribution in [0.15, 0.2) is 12.1 Å². The topological polar surface area (TPSA) is 121 Å². The molecule has 0 atom stereocenters. The number of nitro benzene ring substituents is 1. The van der Waals surface area contributed by atoms with Gasteiger partial charge in [-0.25, -0.2) is 0 Å². The Bertz CT molecular complexity index is 579. The smallest absolute Gasteiger partial charge is 0.355 e. The predicted molar refractivity (Wildman–Crippen MR) is 50.8 cm³/mol. The summed E-state index contributed by atoms with van der Waals surface area (Å²) in [6.45, 7) is -0.416. The summed E-state index contributed by atoms with van der Waals surface area (Å²) in [4.78, 5) is 9.83. The first-order valence-corrected chi connectivity index (χ1v) is 3.98. The summed E-state index contributed by atoms with van der Waals surface area (Å²) in [5.74, 6) is 0. The molecule has 0 aromatic heterocycles. The Morgan fingerprint density at radius 2 is 2.00 bits per heavy atom.